The van der Waals surface area contributed by atoms with Gasteiger partial charge < -0.3 is 39.1 Å². The van der Waals surface area contributed by atoms with E-state index in [1.165, 1.54) is 14.2 Å². The lowest BCUT2D eigenvalue weighted by Gasteiger charge is -2.42. The van der Waals surface area contributed by atoms with Gasteiger partial charge in [-0.3, -0.25) is 4.90 Å². The molecule has 13 nitrogen and oxygen atoms in total. The highest BCUT2D eigenvalue weighted by molar-refractivity contribution is 6.31. The number of carbonyl (C=O) groups is 4. The fourth-order valence-corrected chi connectivity index (χ4v) is 6.67. The molecule has 2 heterocycles. The minimum absolute atomic E-state index is 0.165. The average molecular weight is 760 g/mol. The summed E-state index contributed by atoms with van der Waals surface area (Å²) in [6, 6.07) is 3.18. The lowest BCUT2D eigenvalue weighted by molar-refractivity contribution is -0.138. The normalized spacial score (nSPS) is 16.7. The number of hydrogen-bond donors (Lipinski definition) is 2. The molecule has 1 unspecified atom stereocenters. The number of hydrogen-bond acceptors (Lipinski definition) is 11. The molecule has 53 heavy (non-hydrogen) atoms. The van der Waals surface area contributed by atoms with Gasteiger partial charge in [0.05, 0.1) is 14.2 Å². The third-order valence-corrected chi connectivity index (χ3v) is 9.22. The van der Waals surface area contributed by atoms with Crippen LogP contribution in [0.4, 0.5) is 9.59 Å². The zero-order valence-electron chi connectivity index (χ0n) is 32.9. The van der Waals surface area contributed by atoms with Crippen molar-refractivity contribution in [3.8, 4) is 23.0 Å². The summed E-state index contributed by atoms with van der Waals surface area (Å²) in [6.07, 6.45) is -0.329. The Kier molecular flexibility index (Phi) is 12.9. The second kappa shape index (κ2) is 16.4. The Morgan fingerprint density at radius 3 is 1.77 bits per heavy atom. The van der Waals surface area contributed by atoms with Gasteiger partial charge in [0.2, 0.25) is 0 Å². The van der Waals surface area contributed by atoms with E-state index < -0.39 is 47.4 Å². The van der Waals surface area contributed by atoms with Gasteiger partial charge in [0, 0.05) is 35.8 Å². The molecule has 2 aliphatic rings. The van der Waals surface area contributed by atoms with Gasteiger partial charge in [-0.05, 0) is 95.0 Å². The number of fused-ring (bicyclic) bond motifs is 4. The first-order valence-corrected chi connectivity index (χ1v) is 18.3. The Bertz CT molecular complexity index is 1710. The molecule has 2 N–H and O–H groups in total. The molecule has 0 radical (unpaired) electrons. The second-order valence-corrected chi connectivity index (χ2v) is 16.5. The van der Waals surface area contributed by atoms with Gasteiger partial charge >= 0.3 is 24.1 Å². The molecule has 2 aliphatic heterocycles. The van der Waals surface area contributed by atoms with E-state index >= 15 is 0 Å². The van der Waals surface area contributed by atoms with Gasteiger partial charge in [-0.25, -0.2) is 19.2 Å². The van der Waals surface area contributed by atoms with Crippen LogP contribution in [0.3, 0.4) is 0 Å². The minimum atomic E-state index is -0.996. The predicted octanol–water partition coefficient (Wildman–Crippen LogP) is 6.92. The van der Waals surface area contributed by atoms with E-state index in [0.29, 0.717) is 42.3 Å². The third kappa shape index (κ3) is 10.3. The van der Waals surface area contributed by atoms with Crippen LogP contribution in [0.25, 0.3) is 0 Å². The van der Waals surface area contributed by atoms with E-state index in [1.54, 1.807) is 75.3 Å². The van der Waals surface area contributed by atoms with Crippen molar-refractivity contribution < 1.29 is 47.6 Å². The van der Waals surface area contributed by atoms with Gasteiger partial charge in [-0.2, -0.15) is 0 Å². The SMILES string of the molecule is COc1cc2c(cc1OC(=O)[C@@H](NC(=O)OC(C)(C)C)C(C)C)C1Cc3c(Cl)cc(OC)c(OC(=O)[C@@H](NC(=O)OC(C)(C)C)C(C)C)c3CN1CC2. The first kappa shape index (κ1) is 41.5. The highest BCUT2D eigenvalue weighted by Crippen LogP contribution is 2.48. The largest absolute Gasteiger partial charge is 0.493 e. The zero-order chi connectivity index (χ0) is 39.6. The van der Waals surface area contributed by atoms with E-state index in [1.807, 2.05) is 12.1 Å². The van der Waals surface area contributed by atoms with Crippen molar-refractivity contribution in [1.29, 1.82) is 0 Å². The summed E-state index contributed by atoms with van der Waals surface area (Å²) in [5, 5.41) is 5.74. The number of benzene rings is 2. The lowest BCUT2D eigenvalue weighted by Crippen LogP contribution is -2.48. The summed E-state index contributed by atoms with van der Waals surface area (Å²) in [5.74, 6) is -0.804. The Hall–Kier alpha value is -4.23. The van der Waals surface area contributed by atoms with Crippen molar-refractivity contribution in [1.82, 2.24) is 15.5 Å². The highest BCUT2D eigenvalue weighted by atomic mass is 35.5. The Labute approximate surface area is 317 Å². The number of alkyl carbamates (subject to hydrolysis) is 2. The molecule has 0 bridgehead atoms. The topological polar surface area (TPSA) is 151 Å². The maximum absolute atomic E-state index is 13.7. The molecule has 2 amide bonds. The van der Waals surface area contributed by atoms with Crippen LogP contribution >= 0.6 is 11.6 Å². The third-order valence-electron chi connectivity index (χ3n) is 8.88. The van der Waals surface area contributed by atoms with Crippen LogP contribution in [0.1, 0.15) is 97.5 Å². The Morgan fingerprint density at radius 1 is 0.755 bits per heavy atom. The van der Waals surface area contributed by atoms with Crippen molar-refractivity contribution in [2.24, 2.45) is 11.8 Å². The standard InChI is InChI=1S/C39H54ClN3O10/c1-20(2)31(41-36(46)52-38(5,6)7)34(44)50-29-17-23-22(15-28(29)48-11)13-14-43-19-25-24(16-27(23)43)26(40)18-30(49-12)33(25)51-35(45)32(21(3)4)42-37(47)53-39(8,9)10/h15,17-18,20-21,27,31-32H,13-14,16,19H2,1-12H3,(H,41,46)(H,42,47)/t27?,31-,32-/m0/s1. The van der Waals surface area contributed by atoms with E-state index in [9.17, 15) is 19.2 Å². The maximum atomic E-state index is 13.7. The van der Waals surface area contributed by atoms with Gasteiger partial charge in [0.1, 0.15) is 23.3 Å². The summed E-state index contributed by atoms with van der Waals surface area (Å²) in [4.78, 5) is 54.6. The number of methoxy groups -OCH3 is 2. The maximum Gasteiger partial charge on any atom is 0.408 e. The number of amides is 2. The number of rotatable bonds is 10. The lowest BCUT2D eigenvalue weighted by atomic mass is 9.83. The van der Waals surface area contributed by atoms with E-state index in [0.717, 1.165) is 16.7 Å². The first-order chi connectivity index (χ1) is 24.6. The number of carbonyl (C=O) groups excluding carboxylic acids is 4. The van der Waals surface area contributed by atoms with Crippen LogP contribution in [0.2, 0.25) is 5.02 Å². The highest BCUT2D eigenvalue weighted by Gasteiger charge is 2.39. The molecule has 14 heteroatoms. The van der Waals surface area contributed by atoms with Gasteiger partial charge in [-0.1, -0.05) is 39.3 Å². The predicted molar refractivity (Wildman–Crippen MR) is 199 cm³/mol. The quantitative estimate of drug-likeness (QED) is 0.192. The monoisotopic (exact) mass is 759 g/mol. The number of nitrogens with one attached hydrogen (secondary N) is 2. The molecular weight excluding hydrogens is 706 g/mol. The molecule has 2 aromatic carbocycles. The molecule has 0 saturated carbocycles. The minimum Gasteiger partial charge on any atom is -0.493 e. The number of halogens is 1. The van der Waals surface area contributed by atoms with Crippen molar-refractivity contribution in [2.75, 3.05) is 20.8 Å². The number of esters is 2. The van der Waals surface area contributed by atoms with Crippen LogP contribution in [0.5, 0.6) is 23.0 Å². The van der Waals surface area contributed by atoms with Crippen LogP contribution in [0.15, 0.2) is 18.2 Å². The molecule has 0 aliphatic carbocycles. The van der Waals surface area contributed by atoms with Gasteiger partial charge in [0.15, 0.2) is 23.0 Å². The summed E-state index contributed by atoms with van der Waals surface area (Å²) < 4.78 is 34.0. The number of nitrogens with zero attached hydrogens (tertiary/aromatic N) is 1. The summed E-state index contributed by atoms with van der Waals surface area (Å²) in [6.45, 7) is 18.7. The van der Waals surface area contributed by atoms with E-state index in [-0.39, 0.29) is 35.1 Å². The molecule has 2 aromatic rings. The van der Waals surface area contributed by atoms with Crippen molar-refractivity contribution in [2.45, 2.75) is 118 Å². The summed E-state index contributed by atoms with van der Waals surface area (Å²) >= 11 is 6.88. The molecule has 292 valence electrons. The second-order valence-electron chi connectivity index (χ2n) is 16.1. The fourth-order valence-electron chi connectivity index (χ4n) is 6.37. The zero-order valence-corrected chi connectivity index (χ0v) is 33.6. The number of ether oxygens (including phenoxy) is 6. The van der Waals surface area contributed by atoms with E-state index in [4.69, 9.17) is 40.0 Å². The van der Waals surface area contributed by atoms with Crippen LogP contribution in [-0.2, 0) is 38.4 Å². The molecule has 0 aromatic heterocycles. The molecule has 0 saturated heterocycles. The van der Waals surface area contributed by atoms with Gasteiger partial charge in [0.25, 0.3) is 0 Å². The molecule has 3 atom stereocenters. The van der Waals surface area contributed by atoms with Crippen LogP contribution < -0.4 is 29.6 Å². The molecular formula is C39H54ClN3O10. The van der Waals surface area contributed by atoms with Crippen LogP contribution in [0, 0.1) is 11.8 Å². The summed E-state index contributed by atoms with van der Waals surface area (Å²) in [5.41, 5.74) is 1.95. The first-order valence-electron chi connectivity index (χ1n) is 17.9. The van der Waals surface area contributed by atoms with Crippen molar-refractivity contribution in [3.05, 3.63) is 45.5 Å². The van der Waals surface area contributed by atoms with Crippen LogP contribution in [-0.4, -0.2) is 73.1 Å². The molecule has 0 fully saturated rings. The molecule has 0 spiro atoms. The van der Waals surface area contributed by atoms with Gasteiger partial charge in [-0.15, -0.1) is 0 Å². The smallest absolute Gasteiger partial charge is 0.408 e. The fraction of sp³-hybridized carbons (Fsp3) is 0.590. The molecule has 4 rings (SSSR count). The Balaban J connectivity index is 1.65. The van der Waals surface area contributed by atoms with E-state index in [2.05, 4.69) is 15.5 Å². The summed E-state index contributed by atoms with van der Waals surface area (Å²) in [7, 11) is 2.98. The van der Waals surface area contributed by atoms with Crippen molar-refractivity contribution in [3.63, 3.8) is 0 Å². The Morgan fingerprint density at radius 2 is 1.28 bits per heavy atom. The van der Waals surface area contributed by atoms with Crippen molar-refractivity contribution >= 4 is 35.7 Å². The average Bonchev–Trinajstić information content (AvgIpc) is 3.04.